The topological polar surface area (TPSA) is 27.7 Å². The third-order valence-electron chi connectivity index (χ3n) is 5.89. The first-order valence-electron chi connectivity index (χ1n) is 8.98. The van der Waals surface area contributed by atoms with Crippen molar-refractivity contribution < 1.29 is 13.6 Å². The van der Waals surface area contributed by atoms with Gasteiger partial charge in [0.2, 0.25) is 0 Å². The zero-order valence-electron chi connectivity index (χ0n) is 16.2. The van der Waals surface area contributed by atoms with Gasteiger partial charge in [-0.25, -0.2) is 0 Å². The van der Waals surface area contributed by atoms with E-state index in [-0.39, 0.29) is 15.5 Å². The lowest BCUT2D eigenvalue weighted by Gasteiger charge is -2.48. The Morgan fingerprint density at radius 2 is 1.58 bits per heavy atom. The summed E-state index contributed by atoms with van der Waals surface area (Å²) < 4.78 is 18.7. The first kappa shape index (κ1) is 18.0. The molecule has 2 aliphatic rings. The molecule has 2 atom stereocenters. The Kier molecular flexibility index (Phi) is 4.18. The summed E-state index contributed by atoms with van der Waals surface area (Å²) in [4.78, 5) is 0. The SMILES string of the molecule is COc1ccc(C23CO[Si](C(C)(C)C)(C(C)(C)C)OC[C@@H]2C3)cc1. The van der Waals surface area contributed by atoms with Crippen LogP contribution < -0.4 is 4.74 Å². The Morgan fingerprint density at radius 3 is 2.08 bits per heavy atom. The maximum absolute atomic E-state index is 6.77. The highest BCUT2D eigenvalue weighted by Gasteiger charge is 2.65. The van der Waals surface area contributed by atoms with E-state index in [0.717, 1.165) is 25.4 Å². The second-order valence-electron chi connectivity index (χ2n) is 9.50. The predicted octanol–water partition coefficient (Wildman–Crippen LogP) is 5.04. The van der Waals surface area contributed by atoms with Crippen LogP contribution in [-0.2, 0) is 14.3 Å². The molecule has 3 rings (SSSR count). The van der Waals surface area contributed by atoms with Crippen molar-refractivity contribution in [3.63, 3.8) is 0 Å². The Bertz CT molecular complexity index is 583. The van der Waals surface area contributed by atoms with Gasteiger partial charge in [-0.1, -0.05) is 53.7 Å². The minimum absolute atomic E-state index is 0.0448. The molecule has 1 aliphatic carbocycles. The molecule has 134 valence electrons. The Labute approximate surface area is 147 Å². The second kappa shape index (κ2) is 5.58. The highest BCUT2D eigenvalue weighted by atomic mass is 28.4. The molecule has 4 heteroatoms. The van der Waals surface area contributed by atoms with Gasteiger partial charge in [-0.15, -0.1) is 0 Å². The molecule has 0 N–H and O–H groups in total. The van der Waals surface area contributed by atoms with E-state index >= 15 is 0 Å². The average Bonchev–Trinajstić information content (AvgIpc) is 3.20. The number of ether oxygens (including phenoxy) is 1. The van der Waals surface area contributed by atoms with Gasteiger partial charge < -0.3 is 13.6 Å². The number of rotatable bonds is 2. The molecule has 24 heavy (non-hydrogen) atoms. The fraction of sp³-hybridized carbons (Fsp3) is 0.700. The summed E-state index contributed by atoms with van der Waals surface area (Å²) in [6.45, 7) is 15.3. The molecule has 1 aromatic carbocycles. The molecule has 1 unspecified atom stereocenters. The fourth-order valence-corrected chi connectivity index (χ4v) is 9.58. The monoisotopic (exact) mass is 348 g/mol. The van der Waals surface area contributed by atoms with E-state index in [1.54, 1.807) is 7.11 Å². The number of methoxy groups -OCH3 is 1. The minimum Gasteiger partial charge on any atom is -0.497 e. The standard InChI is InChI=1S/C20H32O3Si/c1-18(2,3)24(19(4,5)6)22-13-16-12-20(16,14-23-24)15-8-10-17(21-7)11-9-15/h8-11,16H,12-14H2,1-7H3/t16-,20?/m0/s1. The number of fused-ring (bicyclic) bond motifs is 1. The Balaban J connectivity index is 1.90. The van der Waals surface area contributed by atoms with Gasteiger partial charge in [0.15, 0.2) is 0 Å². The summed E-state index contributed by atoms with van der Waals surface area (Å²) in [6.07, 6.45) is 1.16. The molecule has 0 spiro atoms. The van der Waals surface area contributed by atoms with Crippen molar-refractivity contribution in [3.05, 3.63) is 29.8 Å². The predicted molar refractivity (Wildman–Crippen MR) is 99.9 cm³/mol. The first-order valence-corrected chi connectivity index (χ1v) is 10.8. The Hall–Kier alpha value is -0.843. The molecule has 0 radical (unpaired) electrons. The molecule has 3 nitrogen and oxygen atoms in total. The highest BCUT2D eigenvalue weighted by molar-refractivity contribution is 6.73. The molecule has 0 aromatic heterocycles. The maximum atomic E-state index is 6.77. The molecule has 1 aromatic rings. The normalized spacial score (nSPS) is 29.5. The summed E-state index contributed by atoms with van der Waals surface area (Å²) in [5, 5.41) is 0.0895. The molecule has 1 aliphatic heterocycles. The van der Waals surface area contributed by atoms with Crippen LogP contribution in [0.4, 0.5) is 0 Å². The van der Waals surface area contributed by atoms with E-state index in [9.17, 15) is 0 Å². The summed E-state index contributed by atoms with van der Waals surface area (Å²) >= 11 is 0. The average molecular weight is 349 g/mol. The van der Waals surface area contributed by atoms with E-state index in [0.29, 0.717) is 5.92 Å². The van der Waals surface area contributed by atoms with Gasteiger partial charge >= 0.3 is 8.56 Å². The lowest BCUT2D eigenvalue weighted by molar-refractivity contribution is 0.137. The smallest absolute Gasteiger partial charge is 0.349 e. The number of hydrogen-bond donors (Lipinski definition) is 0. The van der Waals surface area contributed by atoms with Crippen LogP contribution >= 0.6 is 0 Å². The molecular weight excluding hydrogens is 316 g/mol. The maximum Gasteiger partial charge on any atom is 0.349 e. The van der Waals surface area contributed by atoms with E-state index < -0.39 is 8.56 Å². The van der Waals surface area contributed by atoms with E-state index in [4.69, 9.17) is 13.6 Å². The van der Waals surface area contributed by atoms with Gasteiger partial charge in [0.1, 0.15) is 5.75 Å². The molecule has 1 heterocycles. The van der Waals surface area contributed by atoms with Crippen molar-refractivity contribution in [1.82, 2.24) is 0 Å². The van der Waals surface area contributed by atoms with Gasteiger partial charge in [0, 0.05) is 28.7 Å². The lowest BCUT2D eigenvalue weighted by atomic mass is 9.94. The van der Waals surface area contributed by atoms with Gasteiger partial charge in [0.05, 0.1) is 7.11 Å². The summed E-state index contributed by atoms with van der Waals surface area (Å²) in [5.41, 5.74) is 1.50. The fourth-order valence-electron chi connectivity index (χ4n) is 4.62. The van der Waals surface area contributed by atoms with E-state index in [1.165, 1.54) is 5.56 Å². The zero-order valence-corrected chi connectivity index (χ0v) is 17.2. The van der Waals surface area contributed by atoms with Gasteiger partial charge in [-0.3, -0.25) is 0 Å². The van der Waals surface area contributed by atoms with Crippen LogP contribution in [0.2, 0.25) is 10.1 Å². The first-order chi connectivity index (χ1) is 11.1. The van der Waals surface area contributed by atoms with Gasteiger partial charge in [-0.05, 0) is 30.0 Å². The van der Waals surface area contributed by atoms with Crippen LogP contribution in [0.3, 0.4) is 0 Å². The second-order valence-corrected chi connectivity index (χ2v) is 14.3. The van der Waals surface area contributed by atoms with E-state index in [2.05, 4.69) is 65.8 Å². The van der Waals surface area contributed by atoms with Crippen LogP contribution in [0.25, 0.3) is 0 Å². The molecule has 0 amide bonds. The minimum atomic E-state index is -2.37. The number of hydrogen-bond acceptors (Lipinski definition) is 3. The van der Waals surface area contributed by atoms with Crippen molar-refractivity contribution in [1.29, 1.82) is 0 Å². The van der Waals surface area contributed by atoms with Crippen molar-refractivity contribution in [2.45, 2.75) is 63.5 Å². The largest absolute Gasteiger partial charge is 0.497 e. The van der Waals surface area contributed by atoms with Gasteiger partial charge in [0.25, 0.3) is 0 Å². The van der Waals surface area contributed by atoms with Crippen molar-refractivity contribution in [2.75, 3.05) is 20.3 Å². The van der Waals surface area contributed by atoms with Crippen LogP contribution in [0.5, 0.6) is 5.75 Å². The lowest BCUT2D eigenvalue weighted by Crippen LogP contribution is -2.57. The van der Waals surface area contributed by atoms with Crippen molar-refractivity contribution in [3.8, 4) is 5.75 Å². The number of benzene rings is 1. The van der Waals surface area contributed by atoms with Crippen LogP contribution in [0.1, 0.15) is 53.5 Å². The molecule has 2 fully saturated rings. The quantitative estimate of drug-likeness (QED) is 0.701. The molecule has 0 bridgehead atoms. The van der Waals surface area contributed by atoms with Crippen LogP contribution in [0.15, 0.2) is 24.3 Å². The zero-order chi connectivity index (χ0) is 17.8. The molecular formula is C20H32O3Si. The summed E-state index contributed by atoms with van der Waals surface area (Å²) in [5.74, 6) is 1.48. The van der Waals surface area contributed by atoms with Crippen molar-refractivity contribution >= 4 is 8.56 Å². The Morgan fingerprint density at radius 1 is 1.00 bits per heavy atom. The summed E-state index contributed by atoms with van der Waals surface area (Å²) in [6, 6.07) is 8.52. The third kappa shape index (κ3) is 2.63. The highest BCUT2D eigenvalue weighted by Crippen LogP contribution is 2.61. The molecule has 1 saturated carbocycles. The molecule has 1 saturated heterocycles. The third-order valence-corrected chi connectivity index (χ3v) is 11.0. The van der Waals surface area contributed by atoms with Crippen LogP contribution in [-0.4, -0.2) is 28.9 Å². The van der Waals surface area contributed by atoms with E-state index in [1.807, 2.05) is 0 Å². The summed E-state index contributed by atoms with van der Waals surface area (Å²) in [7, 11) is -0.659. The van der Waals surface area contributed by atoms with Crippen LogP contribution in [0, 0.1) is 5.92 Å². The van der Waals surface area contributed by atoms with Gasteiger partial charge in [-0.2, -0.15) is 0 Å². The van der Waals surface area contributed by atoms with Crippen molar-refractivity contribution in [2.24, 2.45) is 5.92 Å².